The Kier molecular flexibility index (Phi) is 7.90. The van der Waals surface area contributed by atoms with Gasteiger partial charge in [0.25, 0.3) is 5.69 Å². The number of rotatable bonds is 10. The Morgan fingerprint density at radius 1 is 1.12 bits per heavy atom. The third kappa shape index (κ3) is 6.16. The molecule has 0 heterocycles. The van der Waals surface area contributed by atoms with Crippen molar-refractivity contribution in [3.8, 4) is 11.5 Å². The standard InChI is InChI=1S/C24H21N3O7/c1-33-21-11-5-9-19(23(21)34-15-16-6-4-8-18(12-16)24(29)30)14-25-26-22(28)13-17-7-2-3-10-20(17)27(31)32/h2-12,14H,13,15H2,1H3,(H,26,28)(H,29,30). The lowest BCUT2D eigenvalue weighted by Gasteiger charge is -2.13. The number of aromatic carboxylic acids is 1. The molecule has 0 aromatic heterocycles. The zero-order chi connectivity index (χ0) is 24.5. The van der Waals surface area contributed by atoms with Gasteiger partial charge in [-0.2, -0.15) is 5.10 Å². The quantitative estimate of drug-likeness (QED) is 0.266. The maximum absolute atomic E-state index is 12.2. The minimum atomic E-state index is -1.04. The molecule has 3 aromatic carbocycles. The molecule has 0 unspecified atom stereocenters. The van der Waals surface area contributed by atoms with E-state index in [0.717, 1.165) is 0 Å². The number of carbonyl (C=O) groups is 2. The number of nitro groups is 1. The van der Waals surface area contributed by atoms with Crippen LogP contribution in [0.5, 0.6) is 11.5 Å². The summed E-state index contributed by atoms with van der Waals surface area (Å²) >= 11 is 0. The van der Waals surface area contributed by atoms with Crippen molar-refractivity contribution in [2.45, 2.75) is 13.0 Å². The number of carboxylic acids is 1. The van der Waals surface area contributed by atoms with Crippen LogP contribution in [0.2, 0.25) is 0 Å². The number of carboxylic acid groups (broad SMARTS) is 1. The number of methoxy groups -OCH3 is 1. The van der Waals surface area contributed by atoms with Crippen LogP contribution in [-0.2, 0) is 17.8 Å². The van der Waals surface area contributed by atoms with E-state index < -0.39 is 16.8 Å². The van der Waals surface area contributed by atoms with Gasteiger partial charge in [-0.3, -0.25) is 14.9 Å². The molecule has 0 saturated carbocycles. The largest absolute Gasteiger partial charge is 0.493 e. The Bertz CT molecular complexity index is 1240. The molecule has 1 amide bonds. The van der Waals surface area contributed by atoms with Crippen molar-refractivity contribution >= 4 is 23.8 Å². The smallest absolute Gasteiger partial charge is 0.335 e. The molecule has 0 aliphatic carbocycles. The molecule has 0 fully saturated rings. The molecule has 3 aromatic rings. The molecule has 0 saturated heterocycles. The first-order valence-electron chi connectivity index (χ1n) is 10.0. The predicted molar refractivity (Wildman–Crippen MR) is 123 cm³/mol. The fourth-order valence-corrected chi connectivity index (χ4v) is 3.12. The predicted octanol–water partition coefficient (Wildman–Crippen LogP) is 3.57. The Labute approximate surface area is 194 Å². The first-order valence-corrected chi connectivity index (χ1v) is 10.0. The van der Waals surface area contributed by atoms with Crippen molar-refractivity contribution in [2.24, 2.45) is 5.10 Å². The summed E-state index contributed by atoms with van der Waals surface area (Å²) < 4.78 is 11.2. The van der Waals surface area contributed by atoms with Gasteiger partial charge in [0.1, 0.15) is 6.61 Å². The lowest BCUT2D eigenvalue weighted by atomic mass is 10.1. The molecule has 174 valence electrons. The lowest BCUT2D eigenvalue weighted by Crippen LogP contribution is -2.20. The molecule has 3 rings (SSSR count). The van der Waals surface area contributed by atoms with Gasteiger partial charge in [-0.1, -0.05) is 36.4 Å². The summed E-state index contributed by atoms with van der Waals surface area (Å²) in [6.07, 6.45) is 1.15. The monoisotopic (exact) mass is 463 g/mol. The third-order valence-corrected chi connectivity index (χ3v) is 4.72. The van der Waals surface area contributed by atoms with Crippen LogP contribution in [0.3, 0.4) is 0 Å². The molecule has 34 heavy (non-hydrogen) atoms. The van der Waals surface area contributed by atoms with E-state index >= 15 is 0 Å². The second kappa shape index (κ2) is 11.2. The minimum Gasteiger partial charge on any atom is -0.493 e. The number of nitrogens with one attached hydrogen (secondary N) is 1. The van der Waals surface area contributed by atoms with Crippen molar-refractivity contribution in [2.75, 3.05) is 7.11 Å². The molecular weight excluding hydrogens is 442 g/mol. The van der Waals surface area contributed by atoms with Crippen LogP contribution in [-0.4, -0.2) is 35.2 Å². The first kappa shape index (κ1) is 23.9. The molecule has 0 radical (unpaired) electrons. The zero-order valence-electron chi connectivity index (χ0n) is 18.1. The zero-order valence-corrected chi connectivity index (χ0v) is 18.1. The number of benzene rings is 3. The molecule has 0 atom stereocenters. The maximum Gasteiger partial charge on any atom is 0.335 e. The Balaban J connectivity index is 1.71. The van der Waals surface area contributed by atoms with Gasteiger partial charge in [0, 0.05) is 17.2 Å². The summed E-state index contributed by atoms with van der Waals surface area (Å²) in [5.74, 6) is -0.794. The topological polar surface area (TPSA) is 140 Å². The lowest BCUT2D eigenvalue weighted by molar-refractivity contribution is -0.385. The van der Waals surface area contributed by atoms with Crippen molar-refractivity contribution < 1.29 is 29.1 Å². The molecule has 0 spiro atoms. The number of amides is 1. The van der Waals surface area contributed by atoms with Crippen molar-refractivity contribution in [3.63, 3.8) is 0 Å². The van der Waals surface area contributed by atoms with Gasteiger partial charge in [-0.25, -0.2) is 10.2 Å². The SMILES string of the molecule is COc1cccc(C=NNC(=O)Cc2ccccc2[N+](=O)[O-])c1OCc1cccc(C(=O)O)c1. The minimum absolute atomic E-state index is 0.0758. The third-order valence-electron chi connectivity index (χ3n) is 4.72. The highest BCUT2D eigenvalue weighted by Crippen LogP contribution is 2.31. The highest BCUT2D eigenvalue weighted by atomic mass is 16.6. The molecular formula is C24H21N3O7. The average molecular weight is 463 g/mol. The summed E-state index contributed by atoms with van der Waals surface area (Å²) in [4.78, 5) is 34.0. The number of hydrogen-bond acceptors (Lipinski definition) is 7. The van der Waals surface area contributed by atoms with E-state index in [1.54, 1.807) is 36.4 Å². The number of hydrazone groups is 1. The number of nitrogens with zero attached hydrogens (tertiary/aromatic N) is 2. The highest BCUT2D eigenvalue weighted by molar-refractivity contribution is 5.88. The first-order chi connectivity index (χ1) is 16.4. The van der Waals surface area contributed by atoms with Gasteiger partial charge >= 0.3 is 5.97 Å². The van der Waals surface area contributed by atoms with Crippen LogP contribution < -0.4 is 14.9 Å². The molecule has 10 nitrogen and oxygen atoms in total. The van der Waals surface area contributed by atoms with Crippen LogP contribution >= 0.6 is 0 Å². The molecule has 2 N–H and O–H groups in total. The summed E-state index contributed by atoms with van der Waals surface area (Å²) in [5.41, 5.74) is 3.77. The van der Waals surface area contributed by atoms with E-state index in [2.05, 4.69) is 10.5 Å². The van der Waals surface area contributed by atoms with Crippen LogP contribution in [0.25, 0.3) is 0 Å². The number of hydrogen-bond donors (Lipinski definition) is 2. The summed E-state index contributed by atoms with van der Waals surface area (Å²) in [6, 6.07) is 17.4. The van der Waals surface area contributed by atoms with E-state index in [0.29, 0.717) is 22.6 Å². The van der Waals surface area contributed by atoms with Crippen LogP contribution in [0.1, 0.15) is 27.0 Å². The van der Waals surface area contributed by atoms with E-state index in [1.807, 2.05) is 0 Å². The van der Waals surface area contributed by atoms with Crippen LogP contribution in [0.4, 0.5) is 5.69 Å². The van der Waals surface area contributed by atoms with Gasteiger partial charge in [-0.15, -0.1) is 0 Å². The van der Waals surface area contributed by atoms with Gasteiger partial charge in [0.2, 0.25) is 5.91 Å². The molecule has 0 aliphatic rings. The van der Waals surface area contributed by atoms with Gasteiger partial charge in [0.15, 0.2) is 11.5 Å². The van der Waals surface area contributed by atoms with E-state index in [9.17, 15) is 19.7 Å². The molecule has 0 aliphatic heterocycles. The van der Waals surface area contributed by atoms with Crippen molar-refractivity contribution in [1.82, 2.24) is 5.43 Å². The van der Waals surface area contributed by atoms with Crippen LogP contribution in [0, 0.1) is 10.1 Å². The van der Waals surface area contributed by atoms with Crippen LogP contribution in [0.15, 0.2) is 71.8 Å². The van der Waals surface area contributed by atoms with Crippen molar-refractivity contribution in [1.29, 1.82) is 0 Å². The normalized spacial score (nSPS) is 10.6. The fourth-order valence-electron chi connectivity index (χ4n) is 3.12. The highest BCUT2D eigenvalue weighted by Gasteiger charge is 2.15. The second-order valence-corrected chi connectivity index (χ2v) is 7.03. The number of para-hydroxylation sites is 2. The number of ether oxygens (including phenoxy) is 2. The summed E-state index contributed by atoms with van der Waals surface area (Å²) in [7, 11) is 1.47. The average Bonchev–Trinajstić information content (AvgIpc) is 2.83. The Morgan fingerprint density at radius 2 is 1.88 bits per heavy atom. The number of nitro benzene ring substituents is 1. The number of carbonyl (C=O) groups excluding carboxylic acids is 1. The fraction of sp³-hybridized carbons (Fsp3) is 0.125. The van der Waals surface area contributed by atoms with Gasteiger partial charge < -0.3 is 14.6 Å². The van der Waals surface area contributed by atoms with E-state index in [1.165, 1.54) is 43.7 Å². The summed E-state index contributed by atoms with van der Waals surface area (Å²) in [5, 5.41) is 24.2. The van der Waals surface area contributed by atoms with Gasteiger partial charge in [0.05, 0.1) is 30.2 Å². The summed E-state index contributed by atoms with van der Waals surface area (Å²) in [6.45, 7) is 0.0758. The molecule has 10 heteroatoms. The second-order valence-electron chi connectivity index (χ2n) is 7.03. The Morgan fingerprint density at radius 3 is 2.62 bits per heavy atom. The van der Waals surface area contributed by atoms with Crippen molar-refractivity contribution in [3.05, 3.63) is 99.1 Å². The van der Waals surface area contributed by atoms with E-state index in [-0.39, 0.29) is 29.8 Å². The maximum atomic E-state index is 12.2. The van der Waals surface area contributed by atoms with Gasteiger partial charge in [-0.05, 0) is 29.8 Å². The molecule has 0 bridgehead atoms. The van der Waals surface area contributed by atoms with E-state index in [4.69, 9.17) is 14.6 Å². The Hall–Kier alpha value is -4.73.